The number of aryl methyl sites for hydroxylation is 1. The Morgan fingerprint density at radius 2 is 1.92 bits per heavy atom. The van der Waals surface area contributed by atoms with E-state index in [-0.39, 0.29) is 29.7 Å². The van der Waals surface area contributed by atoms with Gasteiger partial charge in [-0.05, 0) is 59.2 Å². The molecule has 7 rings (SSSR count). The number of rotatable bonds is 4. The van der Waals surface area contributed by atoms with Gasteiger partial charge in [0.05, 0.1) is 18.4 Å². The molecule has 1 unspecified atom stereocenters. The van der Waals surface area contributed by atoms with Gasteiger partial charge in [-0.15, -0.1) is 0 Å². The molecule has 2 fully saturated rings. The molecule has 0 bridgehead atoms. The molecule has 9 heteroatoms. The molecule has 200 valence electrons. The first kappa shape index (κ1) is 24.2. The summed E-state index contributed by atoms with van der Waals surface area (Å²) in [5.74, 6) is -0.786. The maximum atomic E-state index is 13.2. The highest BCUT2D eigenvalue weighted by atomic mass is 16.5. The molecule has 4 aliphatic rings. The number of hydrogen-bond donors (Lipinski definition) is 1. The number of aromatic nitrogens is 2. The number of carbonyl (C=O) groups is 3. The minimum Gasteiger partial charge on any atom is -0.365 e. The molecule has 2 saturated heterocycles. The molecule has 1 spiro atoms. The van der Waals surface area contributed by atoms with Crippen LogP contribution in [0.5, 0.6) is 0 Å². The number of piperidine rings is 2. The topological polar surface area (TPSA) is 96.8 Å². The smallest absolute Gasteiger partial charge is 0.255 e. The second-order valence-electron chi connectivity index (χ2n) is 11.2. The molecule has 1 atom stereocenters. The van der Waals surface area contributed by atoms with Crippen molar-refractivity contribution in [3.8, 4) is 11.1 Å². The summed E-state index contributed by atoms with van der Waals surface area (Å²) < 4.78 is 8.34. The van der Waals surface area contributed by atoms with E-state index in [1.54, 1.807) is 4.90 Å². The number of amides is 3. The molecule has 4 aliphatic heterocycles. The maximum absolute atomic E-state index is 13.2. The van der Waals surface area contributed by atoms with Gasteiger partial charge in [-0.3, -0.25) is 29.3 Å². The van der Waals surface area contributed by atoms with Crippen molar-refractivity contribution in [1.29, 1.82) is 0 Å². The number of nitrogens with zero attached hydrogens (tertiary/aromatic N) is 4. The summed E-state index contributed by atoms with van der Waals surface area (Å²) in [7, 11) is 1.93. The Bertz CT molecular complexity index is 1500. The minimum absolute atomic E-state index is 0.133. The van der Waals surface area contributed by atoms with E-state index in [2.05, 4.69) is 45.6 Å². The van der Waals surface area contributed by atoms with Crippen molar-refractivity contribution in [2.75, 3.05) is 13.1 Å². The van der Waals surface area contributed by atoms with Gasteiger partial charge >= 0.3 is 0 Å². The Balaban J connectivity index is 1.05. The molecular formula is C30H31N5O4. The fourth-order valence-electron chi connectivity index (χ4n) is 6.75. The summed E-state index contributed by atoms with van der Waals surface area (Å²) in [5, 5.41) is 6.68. The zero-order valence-electron chi connectivity index (χ0n) is 22.0. The van der Waals surface area contributed by atoms with Crippen LogP contribution in [-0.4, -0.2) is 56.4 Å². The molecule has 9 nitrogen and oxygen atoms in total. The number of nitrogens with one attached hydrogen (secondary N) is 1. The van der Waals surface area contributed by atoms with E-state index in [1.807, 2.05) is 30.2 Å². The lowest BCUT2D eigenvalue weighted by Gasteiger charge is -2.39. The van der Waals surface area contributed by atoms with Crippen LogP contribution in [0.25, 0.3) is 11.1 Å². The summed E-state index contributed by atoms with van der Waals surface area (Å²) >= 11 is 0. The first-order chi connectivity index (χ1) is 18.9. The number of benzene rings is 2. The quantitative estimate of drug-likeness (QED) is 0.527. The second-order valence-corrected chi connectivity index (χ2v) is 11.2. The van der Waals surface area contributed by atoms with E-state index < -0.39 is 6.04 Å². The van der Waals surface area contributed by atoms with Crippen LogP contribution in [0, 0.1) is 0 Å². The summed E-state index contributed by atoms with van der Waals surface area (Å²) in [6.07, 6.45) is 6.34. The van der Waals surface area contributed by atoms with Crippen LogP contribution in [0.1, 0.15) is 58.3 Å². The third-order valence-corrected chi connectivity index (χ3v) is 8.86. The summed E-state index contributed by atoms with van der Waals surface area (Å²) in [4.78, 5) is 41.4. The Kier molecular flexibility index (Phi) is 5.68. The molecule has 0 saturated carbocycles. The standard InChI is InChI=1S/C30H31N5O4/c1-33-16-21(14-31-33)20-4-2-3-19(13-20)15-34-11-9-30(10-12-34)25-6-5-22-23(24(25)18-39-30)17-35(29(22)38)26-7-8-27(36)32-28(26)37/h2-6,13-14,16,26H,7-12,15,17-18H2,1H3,(H,32,36,37). The number of carbonyl (C=O) groups excluding carboxylic acids is 3. The van der Waals surface area contributed by atoms with Crippen LogP contribution in [0.3, 0.4) is 0 Å². The molecule has 0 radical (unpaired) electrons. The molecule has 39 heavy (non-hydrogen) atoms. The van der Waals surface area contributed by atoms with Crippen molar-refractivity contribution in [2.45, 2.75) is 57.0 Å². The lowest BCUT2D eigenvalue weighted by atomic mass is 9.82. The predicted molar refractivity (Wildman–Crippen MR) is 142 cm³/mol. The lowest BCUT2D eigenvalue weighted by molar-refractivity contribution is -0.136. The van der Waals surface area contributed by atoms with Gasteiger partial charge in [0.15, 0.2) is 0 Å². The van der Waals surface area contributed by atoms with Gasteiger partial charge in [0.2, 0.25) is 11.8 Å². The van der Waals surface area contributed by atoms with E-state index in [9.17, 15) is 14.4 Å². The summed E-state index contributed by atoms with van der Waals surface area (Å²) in [5.41, 5.74) is 7.19. The molecule has 5 heterocycles. The summed E-state index contributed by atoms with van der Waals surface area (Å²) in [6.45, 7) is 3.62. The van der Waals surface area contributed by atoms with Crippen LogP contribution in [0.2, 0.25) is 0 Å². The van der Waals surface area contributed by atoms with Gasteiger partial charge in [-0.1, -0.05) is 24.3 Å². The summed E-state index contributed by atoms with van der Waals surface area (Å²) in [6, 6.07) is 12.0. The van der Waals surface area contributed by atoms with Crippen molar-refractivity contribution >= 4 is 17.7 Å². The van der Waals surface area contributed by atoms with Crippen LogP contribution in [0.4, 0.5) is 0 Å². The zero-order chi connectivity index (χ0) is 26.7. The van der Waals surface area contributed by atoms with Crippen molar-refractivity contribution in [3.63, 3.8) is 0 Å². The molecule has 3 aromatic rings. The Morgan fingerprint density at radius 1 is 1.08 bits per heavy atom. The molecular weight excluding hydrogens is 494 g/mol. The Labute approximate surface area is 226 Å². The van der Waals surface area contributed by atoms with Gasteiger partial charge in [0, 0.05) is 57.0 Å². The van der Waals surface area contributed by atoms with Crippen molar-refractivity contribution in [1.82, 2.24) is 24.9 Å². The number of ether oxygens (including phenoxy) is 1. The van der Waals surface area contributed by atoms with E-state index in [0.29, 0.717) is 25.1 Å². The second kappa shape index (κ2) is 9.14. The molecule has 2 aromatic carbocycles. The van der Waals surface area contributed by atoms with Crippen molar-refractivity contribution in [2.24, 2.45) is 7.05 Å². The van der Waals surface area contributed by atoms with E-state index in [0.717, 1.165) is 49.2 Å². The molecule has 1 N–H and O–H groups in total. The predicted octanol–water partition coefficient (Wildman–Crippen LogP) is 2.87. The van der Waals surface area contributed by atoms with Crippen molar-refractivity contribution in [3.05, 3.63) is 76.6 Å². The van der Waals surface area contributed by atoms with Gasteiger partial charge < -0.3 is 9.64 Å². The highest BCUT2D eigenvalue weighted by molar-refractivity contribution is 6.05. The van der Waals surface area contributed by atoms with Gasteiger partial charge in [-0.2, -0.15) is 5.10 Å². The lowest BCUT2D eigenvalue weighted by Crippen LogP contribution is -2.52. The third-order valence-electron chi connectivity index (χ3n) is 8.86. The highest BCUT2D eigenvalue weighted by Gasteiger charge is 2.47. The first-order valence-electron chi connectivity index (χ1n) is 13.6. The first-order valence-corrected chi connectivity index (χ1v) is 13.6. The number of likely N-dealkylation sites (tertiary alicyclic amines) is 1. The van der Waals surface area contributed by atoms with E-state index in [1.165, 1.54) is 16.7 Å². The van der Waals surface area contributed by atoms with Gasteiger partial charge in [0.1, 0.15) is 6.04 Å². The monoisotopic (exact) mass is 525 g/mol. The minimum atomic E-state index is -0.602. The Morgan fingerprint density at radius 3 is 2.69 bits per heavy atom. The van der Waals surface area contributed by atoms with Crippen LogP contribution < -0.4 is 5.32 Å². The zero-order valence-corrected chi connectivity index (χ0v) is 22.0. The largest absolute Gasteiger partial charge is 0.365 e. The van der Waals surface area contributed by atoms with Gasteiger partial charge in [0.25, 0.3) is 5.91 Å². The third kappa shape index (κ3) is 4.08. The number of fused-ring (bicyclic) bond motifs is 4. The van der Waals surface area contributed by atoms with Crippen LogP contribution >= 0.6 is 0 Å². The average molecular weight is 526 g/mol. The normalized spacial score (nSPS) is 22.3. The SMILES string of the molecule is Cn1cc(-c2cccc(CN3CCC4(CC3)OCc3c4ccc4c3CN(C3CCC(=O)NC3=O)C4=O)c2)cn1. The fraction of sp³-hybridized carbons (Fsp3) is 0.400. The van der Waals surface area contributed by atoms with E-state index >= 15 is 0 Å². The van der Waals surface area contributed by atoms with E-state index in [4.69, 9.17) is 4.74 Å². The van der Waals surface area contributed by atoms with Crippen LogP contribution in [-0.2, 0) is 46.7 Å². The number of hydrogen-bond acceptors (Lipinski definition) is 6. The fourth-order valence-corrected chi connectivity index (χ4v) is 6.75. The van der Waals surface area contributed by atoms with Crippen molar-refractivity contribution < 1.29 is 19.1 Å². The highest BCUT2D eigenvalue weighted by Crippen LogP contribution is 2.47. The maximum Gasteiger partial charge on any atom is 0.255 e. The molecule has 0 aliphatic carbocycles. The van der Waals surface area contributed by atoms with Crippen LogP contribution in [0.15, 0.2) is 48.8 Å². The average Bonchev–Trinajstić information content (AvgIpc) is 3.62. The molecule has 1 aromatic heterocycles. The Hall–Kier alpha value is -3.82. The number of imide groups is 1. The van der Waals surface area contributed by atoms with Gasteiger partial charge in [-0.25, -0.2) is 0 Å². The molecule has 3 amide bonds.